The Morgan fingerprint density at radius 2 is 1.84 bits per heavy atom. The Hall–Kier alpha value is -2.69. The van der Waals surface area contributed by atoms with Crippen molar-refractivity contribution in [2.45, 2.75) is 32.2 Å². The lowest BCUT2D eigenvalue weighted by Crippen LogP contribution is -2.32. The van der Waals surface area contributed by atoms with Gasteiger partial charge in [-0.3, -0.25) is 4.79 Å². The molecule has 0 saturated heterocycles. The molecule has 25 heavy (non-hydrogen) atoms. The molecule has 0 fully saturated rings. The maximum atomic E-state index is 12.5. The van der Waals surface area contributed by atoms with E-state index in [0.29, 0.717) is 17.2 Å². The first-order chi connectivity index (χ1) is 12.1. The number of methoxy groups -OCH3 is 2. The number of anilines is 2. The number of amides is 1. The van der Waals surface area contributed by atoms with Gasteiger partial charge in [0.05, 0.1) is 19.9 Å². The molecule has 1 atom stereocenters. The summed E-state index contributed by atoms with van der Waals surface area (Å²) in [6.45, 7) is 1.84. The topological polar surface area (TPSA) is 59.6 Å². The highest BCUT2D eigenvalue weighted by molar-refractivity contribution is 5.97. The fourth-order valence-corrected chi connectivity index (χ4v) is 3.13. The van der Waals surface area contributed by atoms with Gasteiger partial charge >= 0.3 is 0 Å². The zero-order chi connectivity index (χ0) is 17.8. The van der Waals surface area contributed by atoms with Gasteiger partial charge in [-0.2, -0.15) is 0 Å². The van der Waals surface area contributed by atoms with Gasteiger partial charge in [0.2, 0.25) is 5.91 Å². The number of carbonyl (C=O) groups excluding carboxylic acids is 1. The van der Waals surface area contributed by atoms with E-state index in [1.54, 1.807) is 32.4 Å². The third kappa shape index (κ3) is 3.87. The number of carbonyl (C=O) groups is 1. The van der Waals surface area contributed by atoms with Crippen LogP contribution < -0.4 is 20.1 Å². The molecule has 5 heteroatoms. The van der Waals surface area contributed by atoms with Crippen LogP contribution in [-0.2, 0) is 17.6 Å². The highest BCUT2D eigenvalue weighted by Gasteiger charge is 2.17. The minimum absolute atomic E-state index is 0.132. The molecule has 5 nitrogen and oxygen atoms in total. The fourth-order valence-electron chi connectivity index (χ4n) is 3.13. The van der Waals surface area contributed by atoms with E-state index in [-0.39, 0.29) is 11.9 Å². The lowest BCUT2D eigenvalue weighted by molar-refractivity contribution is -0.116. The van der Waals surface area contributed by atoms with E-state index in [1.807, 2.05) is 13.0 Å². The van der Waals surface area contributed by atoms with E-state index < -0.39 is 0 Å². The average molecular weight is 340 g/mol. The molecule has 0 spiro atoms. The van der Waals surface area contributed by atoms with Crippen LogP contribution in [0.5, 0.6) is 11.5 Å². The van der Waals surface area contributed by atoms with Crippen molar-refractivity contribution in [1.82, 2.24) is 0 Å². The maximum absolute atomic E-state index is 12.5. The standard InChI is InChI=1S/C20H24N2O3/c1-13(21-16-8-7-14-5-4-6-15(14)11-16)20(23)22-18-12-17(24-2)9-10-19(18)25-3/h7-13,21H,4-6H2,1-3H3,(H,22,23). The van der Waals surface area contributed by atoms with Gasteiger partial charge in [0.15, 0.2) is 0 Å². The van der Waals surface area contributed by atoms with Gasteiger partial charge in [-0.25, -0.2) is 0 Å². The maximum Gasteiger partial charge on any atom is 0.246 e. The van der Waals surface area contributed by atoms with Crippen molar-refractivity contribution in [2.75, 3.05) is 24.9 Å². The first-order valence-corrected chi connectivity index (χ1v) is 8.52. The monoisotopic (exact) mass is 340 g/mol. The number of aryl methyl sites for hydroxylation is 2. The Kier molecular flexibility index (Phi) is 5.12. The highest BCUT2D eigenvalue weighted by atomic mass is 16.5. The van der Waals surface area contributed by atoms with Crippen molar-refractivity contribution in [3.05, 3.63) is 47.5 Å². The highest BCUT2D eigenvalue weighted by Crippen LogP contribution is 2.29. The SMILES string of the molecule is COc1ccc(OC)c(NC(=O)C(C)Nc2ccc3c(c2)CCC3)c1. The number of fused-ring (bicyclic) bond motifs is 1. The number of hydrogen-bond donors (Lipinski definition) is 2. The normalized spacial score (nSPS) is 13.7. The van der Waals surface area contributed by atoms with Gasteiger partial charge in [0, 0.05) is 11.8 Å². The molecule has 0 aromatic heterocycles. The van der Waals surface area contributed by atoms with Gasteiger partial charge in [0.1, 0.15) is 17.5 Å². The predicted molar refractivity (Wildman–Crippen MR) is 99.7 cm³/mol. The third-order valence-corrected chi connectivity index (χ3v) is 4.54. The van der Waals surface area contributed by atoms with Gasteiger partial charge in [-0.15, -0.1) is 0 Å². The lowest BCUT2D eigenvalue weighted by atomic mass is 10.1. The van der Waals surface area contributed by atoms with Gasteiger partial charge in [0.25, 0.3) is 0 Å². The zero-order valence-electron chi connectivity index (χ0n) is 14.9. The second kappa shape index (κ2) is 7.47. The van der Waals surface area contributed by atoms with Crippen LogP contribution in [0.4, 0.5) is 11.4 Å². The Morgan fingerprint density at radius 1 is 1.04 bits per heavy atom. The zero-order valence-corrected chi connectivity index (χ0v) is 14.9. The van der Waals surface area contributed by atoms with Crippen molar-refractivity contribution < 1.29 is 14.3 Å². The van der Waals surface area contributed by atoms with Crippen LogP contribution in [-0.4, -0.2) is 26.2 Å². The molecule has 2 aromatic rings. The molecule has 3 rings (SSSR count). The van der Waals surface area contributed by atoms with Crippen molar-refractivity contribution >= 4 is 17.3 Å². The summed E-state index contributed by atoms with van der Waals surface area (Å²) < 4.78 is 10.5. The third-order valence-electron chi connectivity index (χ3n) is 4.54. The molecule has 1 aliphatic carbocycles. The predicted octanol–water partition coefficient (Wildman–Crippen LogP) is 3.63. The van der Waals surface area contributed by atoms with E-state index >= 15 is 0 Å². The second-order valence-electron chi connectivity index (χ2n) is 6.26. The van der Waals surface area contributed by atoms with E-state index in [1.165, 1.54) is 17.5 Å². The van der Waals surface area contributed by atoms with Crippen molar-refractivity contribution in [1.29, 1.82) is 0 Å². The first-order valence-electron chi connectivity index (χ1n) is 8.52. The minimum atomic E-state index is -0.379. The number of ether oxygens (including phenoxy) is 2. The fraction of sp³-hybridized carbons (Fsp3) is 0.350. The van der Waals surface area contributed by atoms with E-state index in [4.69, 9.17) is 9.47 Å². The summed E-state index contributed by atoms with van der Waals surface area (Å²) in [6, 6.07) is 11.3. The molecule has 0 aliphatic heterocycles. The van der Waals surface area contributed by atoms with Crippen LogP contribution in [0.15, 0.2) is 36.4 Å². The molecule has 0 bridgehead atoms. The van der Waals surface area contributed by atoms with Crippen LogP contribution in [0.1, 0.15) is 24.5 Å². The molecule has 0 saturated carbocycles. The Labute approximate surface area is 148 Å². The van der Waals surface area contributed by atoms with Crippen LogP contribution in [0.25, 0.3) is 0 Å². The summed E-state index contributed by atoms with van der Waals surface area (Å²) in [7, 11) is 3.16. The van der Waals surface area contributed by atoms with Crippen LogP contribution in [0.3, 0.4) is 0 Å². The molecular weight excluding hydrogens is 316 g/mol. The van der Waals surface area contributed by atoms with E-state index in [0.717, 1.165) is 18.5 Å². The van der Waals surface area contributed by atoms with Crippen molar-refractivity contribution in [3.63, 3.8) is 0 Å². The summed E-state index contributed by atoms with van der Waals surface area (Å²) >= 11 is 0. The minimum Gasteiger partial charge on any atom is -0.497 e. The number of benzene rings is 2. The number of nitrogens with one attached hydrogen (secondary N) is 2. The molecule has 2 aromatic carbocycles. The van der Waals surface area contributed by atoms with Crippen LogP contribution in [0.2, 0.25) is 0 Å². The molecule has 0 heterocycles. The summed E-state index contributed by atoms with van der Waals surface area (Å²) in [5.74, 6) is 1.13. The quantitative estimate of drug-likeness (QED) is 0.843. The smallest absolute Gasteiger partial charge is 0.246 e. The molecule has 1 amide bonds. The molecule has 2 N–H and O–H groups in total. The van der Waals surface area contributed by atoms with Crippen molar-refractivity contribution in [2.24, 2.45) is 0 Å². The number of rotatable bonds is 6. The average Bonchev–Trinajstić information content (AvgIpc) is 3.09. The first kappa shape index (κ1) is 17.1. The summed E-state index contributed by atoms with van der Waals surface area (Å²) in [5.41, 5.74) is 4.37. The molecule has 1 aliphatic rings. The molecule has 1 unspecified atom stereocenters. The van der Waals surface area contributed by atoms with E-state index in [2.05, 4.69) is 22.8 Å². The Bertz CT molecular complexity index is 774. The van der Waals surface area contributed by atoms with Gasteiger partial charge < -0.3 is 20.1 Å². The molecular formula is C20H24N2O3. The van der Waals surface area contributed by atoms with Crippen LogP contribution in [0, 0.1) is 0 Å². The number of hydrogen-bond acceptors (Lipinski definition) is 4. The lowest BCUT2D eigenvalue weighted by Gasteiger charge is -2.17. The van der Waals surface area contributed by atoms with Crippen LogP contribution >= 0.6 is 0 Å². The Morgan fingerprint density at radius 3 is 2.60 bits per heavy atom. The second-order valence-corrected chi connectivity index (χ2v) is 6.26. The van der Waals surface area contributed by atoms with E-state index in [9.17, 15) is 4.79 Å². The summed E-state index contributed by atoms with van der Waals surface area (Å²) in [6.07, 6.45) is 3.48. The van der Waals surface area contributed by atoms with Gasteiger partial charge in [-0.1, -0.05) is 6.07 Å². The summed E-state index contributed by atoms with van der Waals surface area (Å²) in [5, 5.41) is 6.18. The largest absolute Gasteiger partial charge is 0.497 e. The Balaban J connectivity index is 1.68. The summed E-state index contributed by atoms with van der Waals surface area (Å²) in [4.78, 5) is 12.5. The van der Waals surface area contributed by atoms with Crippen molar-refractivity contribution in [3.8, 4) is 11.5 Å². The molecule has 132 valence electrons. The van der Waals surface area contributed by atoms with Gasteiger partial charge in [-0.05, 0) is 61.6 Å². The molecule has 0 radical (unpaired) electrons.